The Kier molecular flexibility index (Phi) is 11.6. The standard InChI is InChI=1S/C35H37ClFN3O5.CH2O2/c1-22(41)39-20-26-18-30(24-6-11-28(12-7-24)44-14-15-45-33-17-25(37)8-13-31(33)36)34(32(21-39)38-26)35(42)40(27-9-10-27)19-23-4-3-5-29(16-23)43-2;2-1-3/h3-8,11-13,16-17,26-27,32,38H,9-10,14-15,18-21H2,1-2H3;1H,(H,2,3)/t26-,32-;/m1./s1. The van der Waals surface area contributed by atoms with Crippen LogP contribution in [0.15, 0.2) is 72.3 Å². The van der Waals surface area contributed by atoms with E-state index in [9.17, 15) is 14.0 Å². The molecule has 3 aliphatic rings. The molecule has 48 heavy (non-hydrogen) atoms. The first-order valence-electron chi connectivity index (χ1n) is 15.8. The zero-order valence-corrected chi connectivity index (χ0v) is 27.6. The second kappa shape index (κ2) is 16.0. The van der Waals surface area contributed by atoms with Crippen molar-refractivity contribution in [3.63, 3.8) is 0 Å². The number of methoxy groups -OCH3 is 1. The number of amides is 2. The van der Waals surface area contributed by atoms with Crippen molar-refractivity contribution in [3.05, 3.63) is 94.3 Å². The first kappa shape index (κ1) is 34.7. The molecule has 0 radical (unpaired) electrons. The fraction of sp³-hybridized carbons (Fsp3) is 0.361. The van der Waals surface area contributed by atoms with E-state index in [4.69, 9.17) is 35.7 Å². The maximum atomic E-state index is 14.5. The van der Waals surface area contributed by atoms with Gasteiger partial charge in [-0.1, -0.05) is 35.9 Å². The van der Waals surface area contributed by atoms with Crippen LogP contribution in [0.2, 0.25) is 5.02 Å². The molecule has 3 aromatic rings. The first-order valence-corrected chi connectivity index (χ1v) is 16.2. The summed E-state index contributed by atoms with van der Waals surface area (Å²) < 4.78 is 30.4. The van der Waals surface area contributed by atoms with Crippen LogP contribution < -0.4 is 19.5 Å². The van der Waals surface area contributed by atoms with Gasteiger partial charge in [0.25, 0.3) is 12.4 Å². The minimum Gasteiger partial charge on any atom is -0.497 e. The van der Waals surface area contributed by atoms with Crippen molar-refractivity contribution < 1.29 is 38.1 Å². The maximum absolute atomic E-state index is 14.5. The number of rotatable bonds is 11. The van der Waals surface area contributed by atoms with Gasteiger partial charge in [-0.3, -0.25) is 14.4 Å². The average Bonchev–Trinajstić information content (AvgIpc) is 3.93. The molecule has 2 aliphatic heterocycles. The van der Waals surface area contributed by atoms with Crippen LogP contribution in [0.1, 0.15) is 37.3 Å². The molecule has 2 fully saturated rings. The molecule has 1 saturated carbocycles. The summed E-state index contributed by atoms with van der Waals surface area (Å²) in [6.07, 6.45) is 2.57. The number of nitrogens with zero attached hydrogens (tertiary/aromatic N) is 2. The Morgan fingerprint density at radius 3 is 2.46 bits per heavy atom. The van der Waals surface area contributed by atoms with Crippen LogP contribution in [-0.4, -0.2) is 84.7 Å². The van der Waals surface area contributed by atoms with Gasteiger partial charge in [-0.2, -0.15) is 0 Å². The number of carboxylic acid groups (broad SMARTS) is 1. The van der Waals surface area contributed by atoms with Crippen molar-refractivity contribution >= 4 is 35.5 Å². The Labute approximate surface area is 284 Å². The number of fused-ring (bicyclic) bond motifs is 2. The van der Waals surface area contributed by atoms with Crippen molar-refractivity contribution in [3.8, 4) is 17.2 Å². The normalized spacial score (nSPS) is 18.3. The largest absolute Gasteiger partial charge is 0.497 e. The molecule has 3 aromatic carbocycles. The maximum Gasteiger partial charge on any atom is 0.290 e. The van der Waals surface area contributed by atoms with E-state index in [1.165, 1.54) is 18.2 Å². The van der Waals surface area contributed by atoms with E-state index in [2.05, 4.69) is 5.32 Å². The highest BCUT2D eigenvalue weighted by Gasteiger charge is 2.43. The average molecular weight is 680 g/mol. The van der Waals surface area contributed by atoms with Crippen LogP contribution >= 0.6 is 11.6 Å². The first-order chi connectivity index (χ1) is 23.2. The van der Waals surface area contributed by atoms with Crippen LogP contribution in [0, 0.1) is 5.82 Å². The number of benzene rings is 3. The number of hydrogen-bond donors (Lipinski definition) is 2. The molecule has 0 unspecified atom stereocenters. The quantitative estimate of drug-likeness (QED) is 0.210. The molecule has 12 heteroatoms. The van der Waals surface area contributed by atoms with E-state index in [-0.39, 0.29) is 55.4 Å². The van der Waals surface area contributed by atoms with E-state index in [1.54, 1.807) is 14.0 Å². The fourth-order valence-electron chi connectivity index (χ4n) is 6.15. The van der Waals surface area contributed by atoms with E-state index in [1.807, 2.05) is 58.3 Å². The van der Waals surface area contributed by atoms with Gasteiger partial charge in [0, 0.05) is 50.3 Å². The lowest BCUT2D eigenvalue weighted by Crippen LogP contribution is -2.61. The van der Waals surface area contributed by atoms with Gasteiger partial charge in [-0.25, -0.2) is 4.39 Å². The van der Waals surface area contributed by atoms with Crippen molar-refractivity contribution in [2.24, 2.45) is 0 Å². The Bertz CT molecular complexity index is 1650. The van der Waals surface area contributed by atoms with Crippen LogP contribution in [0.25, 0.3) is 5.57 Å². The summed E-state index contributed by atoms with van der Waals surface area (Å²) in [5.41, 5.74) is 3.70. The Balaban J connectivity index is 0.00000145. The Morgan fingerprint density at radius 1 is 1.04 bits per heavy atom. The minimum absolute atomic E-state index is 0.00477. The predicted octanol–water partition coefficient (Wildman–Crippen LogP) is 5.18. The molecule has 0 spiro atoms. The van der Waals surface area contributed by atoms with Crippen LogP contribution in [0.4, 0.5) is 4.39 Å². The van der Waals surface area contributed by atoms with Crippen molar-refractivity contribution in [2.45, 2.75) is 50.9 Å². The highest BCUT2D eigenvalue weighted by atomic mass is 35.5. The molecular weight excluding hydrogens is 641 g/mol. The van der Waals surface area contributed by atoms with Gasteiger partial charge in [-0.15, -0.1) is 0 Å². The van der Waals surface area contributed by atoms with Crippen LogP contribution in [0.3, 0.4) is 0 Å². The molecule has 2 bridgehead atoms. The third kappa shape index (κ3) is 8.64. The van der Waals surface area contributed by atoms with E-state index >= 15 is 0 Å². The lowest BCUT2D eigenvalue weighted by molar-refractivity contribution is -0.132. The van der Waals surface area contributed by atoms with E-state index in [0.717, 1.165) is 40.9 Å². The van der Waals surface area contributed by atoms with Crippen LogP contribution in [-0.2, 0) is 20.9 Å². The number of halogens is 2. The highest BCUT2D eigenvalue weighted by molar-refractivity contribution is 6.32. The number of carbonyl (C=O) groups is 3. The molecule has 254 valence electrons. The van der Waals surface area contributed by atoms with Gasteiger partial charge in [0.15, 0.2) is 0 Å². The van der Waals surface area contributed by atoms with E-state index < -0.39 is 5.82 Å². The van der Waals surface area contributed by atoms with Gasteiger partial charge in [-0.05, 0) is 72.4 Å². The molecule has 1 saturated heterocycles. The van der Waals surface area contributed by atoms with Gasteiger partial charge in [0.2, 0.25) is 5.91 Å². The molecule has 2 N–H and O–H groups in total. The zero-order valence-electron chi connectivity index (χ0n) is 26.9. The van der Waals surface area contributed by atoms with Gasteiger partial charge < -0.3 is 34.4 Å². The van der Waals surface area contributed by atoms with Gasteiger partial charge in [0.1, 0.15) is 36.3 Å². The second-order valence-corrected chi connectivity index (χ2v) is 12.3. The summed E-state index contributed by atoms with van der Waals surface area (Å²) in [5, 5.41) is 10.9. The lowest BCUT2D eigenvalue weighted by atomic mass is 9.82. The molecule has 2 atom stereocenters. The molecule has 6 rings (SSSR count). The number of hydrogen-bond acceptors (Lipinski definition) is 7. The van der Waals surface area contributed by atoms with Gasteiger partial charge in [0.05, 0.1) is 18.2 Å². The summed E-state index contributed by atoms with van der Waals surface area (Å²) in [6.45, 7) is 3.31. The van der Waals surface area contributed by atoms with Crippen molar-refractivity contribution in [1.29, 1.82) is 0 Å². The number of ether oxygens (including phenoxy) is 3. The second-order valence-electron chi connectivity index (χ2n) is 11.9. The number of carbonyl (C=O) groups excluding carboxylic acids is 2. The summed E-state index contributed by atoms with van der Waals surface area (Å²) in [7, 11) is 1.64. The summed E-state index contributed by atoms with van der Waals surface area (Å²) in [5.74, 6) is 1.28. The third-order valence-corrected chi connectivity index (χ3v) is 8.83. The van der Waals surface area contributed by atoms with Crippen molar-refractivity contribution in [1.82, 2.24) is 15.1 Å². The highest BCUT2D eigenvalue weighted by Crippen LogP contribution is 2.38. The molecule has 1 aliphatic carbocycles. The topological polar surface area (TPSA) is 118 Å². The number of nitrogens with one attached hydrogen (secondary N) is 1. The fourth-order valence-corrected chi connectivity index (χ4v) is 6.32. The summed E-state index contributed by atoms with van der Waals surface area (Å²) >= 11 is 6.08. The van der Waals surface area contributed by atoms with E-state index in [0.29, 0.717) is 36.8 Å². The molecule has 0 aromatic heterocycles. The Morgan fingerprint density at radius 2 is 1.77 bits per heavy atom. The smallest absolute Gasteiger partial charge is 0.290 e. The van der Waals surface area contributed by atoms with Crippen LogP contribution in [0.5, 0.6) is 17.2 Å². The SMILES string of the molecule is COc1cccc(CN(C(=O)C2=C(c3ccc(OCCOc4cc(F)ccc4Cl)cc3)C[C@@H]3CN(C(C)=O)C[C@H]2N3)C2CC2)c1.O=CO. The van der Waals surface area contributed by atoms with Crippen molar-refractivity contribution in [2.75, 3.05) is 33.4 Å². The molecule has 10 nitrogen and oxygen atoms in total. The summed E-state index contributed by atoms with van der Waals surface area (Å²) in [6, 6.07) is 19.5. The van der Waals surface area contributed by atoms with Gasteiger partial charge >= 0.3 is 0 Å². The summed E-state index contributed by atoms with van der Waals surface area (Å²) in [4.78, 5) is 39.1. The monoisotopic (exact) mass is 679 g/mol. The molecule has 2 heterocycles. The lowest BCUT2D eigenvalue weighted by Gasteiger charge is -2.44. The minimum atomic E-state index is -0.422. The third-order valence-electron chi connectivity index (χ3n) is 8.52. The molecular formula is C36H39ClFN3O7. The molecule has 2 amide bonds. The zero-order chi connectivity index (χ0) is 34.2. The Hall–Kier alpha value is -4.61. The predicted molar refractivity (Wildman–Crippen MR) is 179 cm³/mol. The number of piperazine rings is 1.